The van der Waals surface area contributed by atoms with Gasteiger partial charge < -0.3 is 4.90 Å². The Morgan fingerprint density at radius 2 is 1.90 bits per heavy atom. The van der Waals surface area contributed by atoms with Crippen LogP contribution in [0.4, 0.5) is 10.2 Å². The van der Waals surface area contributed by atoms with Gasteiger partial charge in [-0.3, -0.25) is 9.78 Å². The summed E-state index contributed by atoms with van der Waals surface area (Å²) >= 11 is 0. The van der Waals surface area contributed by atoms with Crippen molar-refractivity contribution in [2.45, 2.75) is 26.7 Å². The number of hydrogen-bond acceptors (Lipinski definition) is 4. The summed E-state index contributed by atoms with van der Waals surface area (Å²) in [6.07, 6.45) is 6.21. The Bertz CT molecular complexity index is 1110. The van der Waals surface area contributed by atoms with Gasteiger partial charge in [0.05, 0.1) is 0 Å². The van der Waals surface area contributed by atoms with Crippen LogP contribution in [0, 0.1) is 12.7 Å². The van der Waals surface area contributed by atoms with Crippen LogP contribution in [0.3, 0.4) is 0 Å². The Labute approximate surface area is 176 Å². The van der Waals surface area contributed by atoms with Crippen LogP contribution in [0.25, 0.3) is 5.57 Å². The molecule has 1 aromatic carbocycles. The van der Waals surface area contributed by atoms with E-state index in [0.717, 1.165) is 29.7 Å². The standard InChI is InChI=1S/C25H24FN3O/c1-17-10-13-29(25-23(26)4-3-11-28-25)16-22(17)20-7-5-19(6-8-20)14-24(30)21-9-12-27-15-18(21)2/h3-9,11-12,15H,10,13-14,16H2,1-2H3. The minimum Gasteiger partial charge on any atom is -0.350 e. The van der Waals surface area contributed by atoms with Crippen molar-refractivity contribution in [3.63, 3.8) is 0 Å². The van der Waals surface area contributed by atoms with Crippen molar-refractivity contribution in [3.05, 3.63) is 94.7 Å². The van der Waals surface area contributed by atoms with Crippen LogP contribution < -0.4 is 4.90 Å². The number of pyridine rings is 2. The number of hydrogen-bond donors (Lipinski definition) is 0. The van der Waals surface area contributed by atoms with Gasteiger partial charge >= 0.3 is 0 Å². The van der Waals surface area contributed by atoms with Crippen molar-refractivity contribution in [1.82, 2.24) is 9.97 Å². The van der Waals surface area contributed by atoms with Crippen LogP contribution in [0.15, 0.2) is 66.6 Å². The molecule has 3 aromatic rings. The normalized spacial score (nSPS) is 14.2. The Hall–Kier alpha value is -3.34. The minimum absolute atomic E-state index is 0.0903. The molecule has 0 amide bonds. The smallest absolute Gasteiger partial charge is 0.167 e. The van der Waals surface area contributed by atoms with Gasteiger partial charge in [0.1, 0.15) is 0 Å². The Morgan fingerprint density at radius 1 is 1.10 bits per heavy atom. The first-order valence-electron chi connectivity index (χ1n) is 10.1. The summed E-state index contributed by atoms with van der Waals surface area (Å²) in [5.41, 5.74) is 6.18. The van der Waals surface area contributed by atoms with Gasteiger partial charge in [-0.15, -0.1) is 0 Å². The van der Waals surface area contributed by atoms with Gasteiger partial charge in [0.15, 0.2) is 17.4 Å². The van der Waals surface area contributed by atoms with Crippen molar-refractivity contribution in [2.24, 2.45) is 0 Å². The van der Waals surface area contributed by atoms with Gasteiger partial charge in [-0.25, -0.2) is 9.37 Å². The third-order valence-electron chi connectivity index (χ3n) is 5.65. The summed E-state index contributed by atoms with van der Waals surface area (Å²) in [5.74, 6) is 0.196. The van der Waals surface area contributed by atoms with E-state index in [-0.39, 0.29) is 11.6 Å². The number of aryl methyl sites for hydroxylation is 1. The highest BCUT2D eigenvalue weighted by molar-refractivity contribution is 5.98. The number of aromatic nitrogens is 2. The predicted molar refractivity (Wildman–Crippen MR) is 117 cm³/mol. The molecule has 0 saturated carbocycles. The molecular formula is C25H24FN3O. The largest absolute Gasteiger partial charge is 0.350 e. The fourth-order valence-electron chi connectivity index (χ4n) is 3.88. The molecule has 0 fully saturated rings. The third-order valence-corrected chi connectivity index (χ3v) is 5.65. The van der Waals surface area contributed by atoms with E-state index in [1.54, 1.807) is 30.7 Å². The van der Waals surface area contributed by atoms with Crippen LogP contribution >= 0.6 is 0 Å². The lowest BCUT2D eigenvalue weighted by molar-refractivity contribution is 0.0992. The number of carbonyl (C=O) groups excluding carboxylic acids is 1. The molecular weight excluding hydrogens is 377 g/mol. The Kier molecular flexibility index (Phi) is 5.70. The number of ketones is 1. The molecule has 2 aromatic heterocycles. The SMILES string of the molecule is CC1=C(c2ccc(CC(=O)c3ccncc3C)cc2)CN(c2ncccc2F)CC1. The zero-order valence-corrected chi connectivity index (χ0v) is 17.2. The highest BCUT2D eigenvalue weighted by Crippen LogP contribution is 2.30. The van der Waals surface area contributed by atoms with Gasteiger partial charge in [-0.2, -0.15) is 0 Å². The fraction of sp³-hybridized carbons (Fsp3) is 0.240. The number of carbonyl (C=O) groups is 1. The Balaban J connectivity index is 1.51. The average Bonchev–Trinajstić information content (AvgIpc) is 2.75. The summed E-state index contributed by atoms with van der Waals surface area (Å²) < 4.78 is 14.2. The second-order valence-corrected chi connectivity index (χ2v) is 7.73. The van der Waals surface area contributed by atoms with E-state index in [1.165, 1.54) is 17.2 Å². The molecule has 5 heteroatoms. The molecule has 0 atom stereocenters. The zero-order valence-electron chi connectivity index (χ0n) is 17.2. The van der Waals surface area contributed by atoms with Gasteiger partial charge in [0, 0.05) is 43.7 Å². The van der Waals surface area contributed by atoms with Crippen LogP contribution in [-0.4, -0.2) is 28.8 Å². The molecule has 0 unspecified atom stereocenters. The van der Waals surface area contributed by atoms with Crippen molar-refractivity contribution in [2.75, 3.05) is 18.0 Å². The highest BCUT2D eigenvalue weighted by atomic mass is 19.1. The first-order valence-corrected chi connectivity index (χ1v) is 10.1. The summed E-state index contributed by atoms with van der Waals surface area (Å²) in [6, 6.07) is 12.9. The van der Waals surface area contributed by atoms with E-state index in [0.29, 0.717) is 24.3 Å². The molecule has 152 valence electrons. The first-order chi connectivity index (χ1) is 14.5. The molecule has 3 heterocycles. The molecule has 4 rings (SSSR count). The number of halogens is 1. The molecule has 0 saturated heterocycles. The molecule has 0 aliphatic carbocycles. The lowest BCUT2D eigenvalue weighted by atomic mass is 9.93. The molecule has 0 spiro atoms. The molecule has 0 radical (unpaired) electrons. The minimum atomic E-state index is -0.295. The quantitative estimate of drug-likeness (QED) is 0.563. The summed E-state index contributed by atoms with van der Waals surface area (Å²) in [6.45, 7) is 5.40. The predicted octanol–water partition coefficient (Wildman–Crippen LogP) is 5.03. The van der Waals surface area contributed by atoms with Crippen LogP contribution in [-0.2, 0) is 6.42 Å². The third kappa shape index (κ3) is 4.15. The van der Waals surface area contributed by atoms with Crippen molar-refractivity contribution < 1.29 is 9.18 Å². The first kappa shape index (κ1) is 20.0. The van der Waals surface area contributed by atoms with Crippen LogP contribution in [0.1, 0.15) is 40.4 Å². The second kappa shape index (κ2) is 8.57. The number of nitrogens with zero attached hydrogens (tertiary/aromatic N) is 3. The number of benzene rings is 1. The maximum atomic E-state index is 14.2. The van der Waals surface area contributed by atoms with E-state index in [1.807, 2.05) is 24.0 Å². The van der Waals surface area contributed by atoms with Gasteiger partial charge in [0.25, 0.3) is 0 Å². The molecule has 30 heavy (non-hydrogen) atoms. The Morgan fingerprint density at radius 3 is 2.63 bits per heavy atom. The maximum absolute atomic E-state index is 14.2. The fourth-order valence-corrected chi connectivity index (χ4v) is 3.88. The van der Waals surface area contributed by atoms with E-state index in [4.69, 9.17) is 0 Å². The maximum Gasteiger partial charge on any atom is 0.167 e. The molecule has 0 bridgehead atoms. The lowest BCUT2D eigenvalue weighted by Crippen LogP contribution is -2.32. The number of anilines is 1. The number of rotatable bonds is 5. The number of Topliss-reactive ketones (excluding diaryl/α,β-unsaturated/α-hetero) is 1. The topological polar surface area (TPSA) is 46.1 Å². The van der Waals surface area contributed by atoms with Crippen molar-refractivity contribution >= 4 is 17.2 Å². The average molecular weight is 401 g/mol. The summed E-state index contributed by atoms with van der Waals surface area (Å²) in [4.78, 5) is 22.9. The van der Waals surface area contributed by atoms with E-state index in [9.17, 15) is 9.18 Å². The second-order valence-electron chi connectivity index (χ2n) is 7.73. The monoisotopic (exact) mass is 401 g/mol. The molecule has 4 nitrogen and oxygen atoms in total. The highest BCUT2D eigenvalue weighted by Gasteiger charge is 2.21. The lowest BCUT2D eigenvalue weighted by Gasteiger charge is -2.31. The zero-order chi connectivity index (χ0) is 21.1. The molecule has 0 N–H and O–H groups in total. The van der Waals surface area contributed by atoms with E-state index < -0.39 is 0 Å². The van der Waals surface area contributed by atoms with E-state index >= 15 is 0 Å². The van der Waals surface area contributed by atoms with Gasteiger partial charge in [-0.05, 0) is 60.7 Å². The van der Waals surface area contributed by atoms with Crippen molar-refractivity contribution in [3.8, 4) is 0 Å². The van der Waals surface area contributed by atoms with E-state index in [2.05, 4.69) is 29.0 Å². The van der Waals surface area contributed by atoms with Gasteiger partial charge in [-0.1, -0.05) is 29.8 Å². The molecule has 1 aliphatic heterocycles. The summed E-state index contributed by atoms with van der Waals surface area (Å²) in [7, 11) is 0. The van der Waals surface area contributed by atoms with Gasteiger partial charge in [0.2, 0.25) is 0 Å². The summed E-state index contributed by atoms with van der Waals surface area (Å²) in [5, 5.41) is 0. The molecule has 1 aliphatic rings. The van der Waals surface area contributed by atoms with Crippen LogP contribution in [0.5, 0.6) is 0 Å². The van der Waals surface area contributed by atoms with Crippen molar-refractivity contribution in [1.29, 1.82) is 0 Å². The van der Waals surface area contributed by atoms with Crippen LogP contribution in [0.2, 0.25) is 0 Å².